The Morgan fingerprint density at radius 1 is 1.00 bits per heavy atom. The van der Waals surface area contributed by atoms with E-state index in [0.29, 0.717) is 6.42 Å². The monoisotopic (exact) mass is 290 g/mol. The largest absolute Gasteiger partial charge is 0.264 e. The average Bonchev–Trinajstić information content (AvgIpc) is 2.07. The lowest BCUT2D eigenvalue weighted by atomic mass is 9.93. The van der Waals surface area contributed by atoms with Gasteiger partial charge < -0.3 is 0 Å². The predicted molar refractivity (Wildman–Crippen MR) is 58.2 cm³/mol. The Morgan fingerprint density at radius 2 is 1.53 bits per heavy atom. The van der Waals surface area contributed by atoms with Crippen LogP contribution in [0.5, 0.6) is 0 Å². The molecule has 3 atom stereocenters. The van der Waals surface area contributed by atoms with E-state index in [4.69, 9.17) is 0 Å². The van der Waals surface area contributed by atoms with E-state index in [2.05, 4.69) is 8.37 Å². The van der Waals surface area contributed by atoms with E-state index in [0.717, 1.165) is 12.5 Å². The summed E-state index contributed by atoms with van der Waals surface area (Å²) in [6, 6.07) is 0. The minimum absolute atomic E-state index is 0.129. The molecular weight excluding hydrogens is 275 g/mol. The van der Waals surface area contributed by atoms with Crippen molar-refractivity contribution >= 4 is 20.2 Å². The van der Waals surface area contributed by atoms with Gasteiger partial charge in [-0.3, -0.25) is 8.37 Å². The molecule has 102 valence electrons. The molecule has 1 aliphatic carbocycles. The zero-order chi connectivity index (χ0) is 13.3. The maximum absolute atomic E-state index is 13.5. The van der Waals surface area contributed by atoms with Gasteiger partial charge in [0.15, 0.2) is 0 Å². The molecule has 17 heavy (non-hydrogen) atoms. The first kappa shape index (κ1) is 14.8. The van der Waals surface area contributed by atoms with Crippen LogP contribution in [0.4, 0.5) is 4.39 Å². The van der Waals surface area contributed by atoms with E-state index < -0.39 is 38.6 Å². The first-order chi connectivity index (χ1) is 7.58. The van der Waals surface area contributed by atoms with Crippen molar-refractivity contribution in [2.75, 3.05) is 12.5 Å². The number of alkyl halides is 1. The lowest BCUT2D eigenvalue weighted by Gasteiger charge is -2.31. The second-order valence-corrected chi connectivity index (χ2v) is 7.25. The Balaban J connectivity index is 2.85. The third-order valence-corrected chi connectivity index (χ3v) is 3.44. The van der Waals surface area contributed by atoms with Gasteiger partial charge in [-0.25, -0.2) is 4.39 Å². The SMILES string of the molecule is CS(=O)(=O)O[C@H]1CCCC(F)[C@H]1OS(C)(=O)=O. The first-order valence-corrected chi connectivity index (χ1v) is 8.62. The van der Waals surface area contributed by atoms with Crippen LogP contribution in [0.15, 0.2) is 0 Å². The van der Waals surface area contributed by atoms with Gasteiger partial charge in [-0.05, 0) is 19.3 Å². The van der Waals surface area contributed by atoms with E-state index in [1.807, 2.05) is 0 Å². The van der Waals surface area contributed by atoms with Gasteiger partial charge in [0.25, 0.3) is 20.2 Å². The van der Waals surface area contributed by atoms with Crippen LogP contribution in [-0.2, 0) is 28.6 Å². The summed E-state index contributed by atoms with van der Waals surface area (Å²) in [7, 11) is -7.64. The van der Waals surface area contributed by atoms with Crippen LogP contribution in [0, 0.1) is 0 Å². The van der Waals surface area contributed by atoms with Crippen molar-refractivity contribution in [2.24, 2.45) is 0 Å². The summed E-state index contributed by atoms with van der Waals surface area (Å²) in [5, 5.41) is 0. The van der Waals surface area contributed by atoms with Crippen LogP contribution >= 0.6 is 0 Å². The molecule has 0 saturated heterocycles. The molecule has 0 N–H and O–H groups in total. The van der Waals surface area contributed by atoms with Gasteiger partial charge in [0, 0.05) is 0 Å². The molecule has 0 radical (unpaired) electrons. The minimum atomic E-state index is -3.86. The van der Waals surface area contributed by atoms with Crippen molar-refractivity contribution in [1.29, 1.82) is 0 Å². The Kier molecular flexibility index (Phi) is 4.50. The Labute approximate surface area is 100 Å². The summed E-state index contributed by atoms with van der Waals surface area (Å²) in [5.41, 5.74) is 0. The molecule has 9 heteroatoms. The Bertz CT molecular complexity index is 456. The Morgan fingerprint density at radius 3 is 2.00 bits per heavy atom. The molecule has 1 aliphatic rings. The van der Waals surface area contributed by atoms with Crippen LogP contribution in [0.25, 0.3) is 0 Å². The highest BCUT2D eigenvalue weighted by atomic mass is 32.2. The number of halogens is 1. The molecule has 1 fully saturated rings. The summed E-state index contributed by atoms with van der Waals surface area (Å²) >= 11 is 0. The maximum Gasteiger partial charge on any atom is 0.264 e. The van der Waals surface area contributed by atoms with Gasteiger partial charge in [-0.15, -0.1) is 0 Å². The first-order valence-electron chi connectivity index (χ1n) is 4.99. The number of hydrogen-bond donors (Lipinski definition) is 0. The highest BCUT2D eigenvalue weighted by Crippen LogP contribution is 2.28. The maximum atomic E-state index is 13.5. The summed E-state index contributed by atoms with van der Waals surface area (Å²) in [5.74, 6) is 0. The summed E-state index contributed by atoms with van der Waals surface area (Å²) in [6.07, 6.45) is -1.64. The lowest BCUT2D eigenvalue weighted by molar-refractivity contribution is -0.0202. The van der Waals surface area contributed by atoms with Gasteiger partial charge in [0.05, 0.1) is 12.5 Å². The van der Waals surface area contributed by atoms with Gasteiger partial charge in [0.1, 0.15) is 18.4 Å². The molecule has 0 spiro atoms. The van der Waals surface area contributed by atoms with Crippen molar-refractivity contribution < 1.29 is 29.6 Å². The normalized spacial score (nSPS) is 31.4. The summed E-state index contributed by atoms with van der Waals surface area (Å²) < 4.78 is 66.6. The molecule has 6 nitrogen and oxygen atoms in total. The fourth-order valence-corrected chi connectivity index (χ4v) is 3.03. The van der Waals surface area contributed by atoms with Crippen molar-refractivity contribution in [3.63, 3.8) is 0 Å². The van der Waals surface area contributed by atoms with Gasteiger partial charge in [-0.1, -0.05) is 0 Å². The van der Waals surface area contributed by atoms with Crippen LogP contribution in [0.3, 0.4) is 0 Å². The van der Waals surface area contributed by atoms with Crippen LogP contribution in [0.1, 0.15) is 19.3 Å². The second-order valence-electron chi connectivity index (χ2n) is 4.05. The van der Waals surface area contributed by atoms with Crippen molar-refractivity contribution in [1.82, 2.24) is 0 Å². The standard InChI is InChI=1S/C8H15FO6S2/c1-16(10,11)14-7-5-3-4-6(9)8(7)15-17(2,12)13/h6-8H,3-5H2,1-2H3/t6?,7-,8+/m0/s1. The zero-order valence-corrected chi connectivity index (χ0v) is 11.1. The lowest BCUT2D eigenvalue weighted by Crippen LogP contribution is -2.44. The highest BCUT2D eigenvalue weighted by Gasteiger charge is 2.39. The molecule has 0 amide bonds. The molecule has 0 bridgehead atoms. The van der Waals surface area contributed by atoms with Crippen LogP contribution < -0.4 is 0 Å². The van der Waals surface area contributed by atoms with E-state index in [1.165, 1.54) is 0 Å². The van der Waals surface area contributed by atoms with Crippen molar-refractivity contribution in [3.05, 3.63) is 0 Å². The van der Waals surface area contributed by atoms with Gasteiger partial charge in [-0.2, -0.15) is 16.8 Å². The van der Waals surface area contributed by atoms with E-state index in [1.54, 1.807) is 0 Å². The highest BCUT2D eigenvalue weighted by molar-refractivity contribution is 7.86. The second kappa shape index (κ2) is 5.17. The van der Waals surface area contributed by atoms with Crippen LogP contribution in [-0.4, -0.2) is 47.7 Å². The fourth-order valence-electron chi connectivity index (χ4n) is 1.73. The molecule has 1 unspecified atom stereocenters. The number of hydrogen-bond acceptors (Lipinski definition) is 6. The number of rotatable bonds is 4. The minimum Gasteiger partial charge on any atom is -0.264 e. The van der Waals surface area contributed by atoms with Crippen molar-refractivity contribution in [2.45, 2.75) is 37.6 Å². The van der Waals surface area contributed by atoms with Gasteiger partial charge >= 0.3 is 0 Å². The zero-order valence-electron chi connectivity index (χ0n) is 9.50. The quantitative estimate of drug-likeness (QED) is 0.687. The topological polar surface area (TPSA) is 86.7 Å². The Hall–Kier alpha value is -0.250. The summed E-state index contributed by atoms with van der Waals surface area (Å²) in [4.78, 5) is 0. The molecular formula is C8H15FO6S2. The van der Waals surface area contributed by atoms with E-state index in [9.17, 15) is 21.2 Å². The third kappa shape index (κ3) is 5.28. The molecule has 0 aliphatic heterocycles. The third-order valence-electron chi connectivity index (χ3n) is 2.28. The van der Waals surface area contributed by atoms with E-state index >= 15 is 0 Å². The average molecular weight is 290 g/mol. The molecule has 1 rings (SSSR count). The fraction of sp³-hybridized carbons (Fsp3) is 1.00. The summed E-state index contributed by atoms with van der Waals surface area (Å²) in [6.45, 7) is 0. The molecule has 1 saturated carbocycles. The molecule has 0 aromatic heterocycles. The predicted octanol–water partition coefficient (Wildman–Crippen LogP) is 0.198. The van der Waals surface area contributed by atoms with E-state index in [-0.39, 0.29) is 12.8 Å². The smallest absolute Gasteiger partial charge is 0.264 e. The van der Waals surface area contributed by atoms with Crippen LogP contribution in [0.2, 0.25) is 0 Å². The molecule has 0 aromatic rings. The van der Waals surface area contributed by atoms with Gasteiger partial charge in [0.2, 0.25) is 0 Å². The molecule has 0 aromatic carbocycles. The molecule has 0 heterocycles. The van der Waals surface area contributed by atoms with Crippen molar-refractivity contribution in [3.8, 4) is 0 Å².